The van der Waals surface area contributed by atoms with Gasteiger partial charge in [0.2, 0.25) is 0 Å². The Bertz CT molecular complexity index is 965. The van der Waals surface area contributed by atoms with Gasteiger partial charge in [0.05, 0.1) is 19.4 Å². The molecule has 0 amide bonds. The molecule has 334 valence electrons. The van der Waals surface area contributed by atoms with Crippen LogP contribution in [0.15, 0.2) is 24.3 Å². The normalized spacial score (nSPS) is 12.8. The minimum atomic E-state index is -0.959. The molecule has 1 N–H and O–H groups in total. The summed E-state index contributed by atoms with van der Waals surface area (Å²) in [5, 5.41) is 8.91. The first-order valence-electron chi connectivity index (χ1n) is 24.0. The fraction of sp³-hybridized carbons (Fsp3) is 0.857. The largest absolute Gasteiger partial charge is 0.508 e. The average molecular weight is 806 g/mol. The number of carbonyl (C=O) groups is 3. The molecule has 0 aliphatic carbocycles. The molecule has 2 atom stereocenters. The van der Waals surface area contributed by atoms with E-state index in [1.54, 1.807) is 0 Å². The Hall–Kier alpha value is -2.35. The van der Waals surface area contributed by atoms with E-state index in [2.05, 4.69) is 43.1 Å². The van der Waals surface area contributed by atoms with E-state index < -0.39 is 12.1 Å². The van der Waals surface area contributed by atoms with Crippen LogP contribution in [0.4, 0.5) is 4.79 Å². The van der Waals surface area contributed by atoms with Crippen molar-refractivity contribution in [2.45, 2.75) is 244 Å². The molecule has 0 saturated heterocycles. The first-order valence-corrected chi connectivity index (χ1v) is 24.0. The van der Waals surface area contributed by atoms with Crippen molar-refractivity contribution in [1.29, 1.82) is 0 Å². The summed E-state index contributed by atoms with van der Waals surface area (Å²) in [7, 11) is 4.04. The highest BCUT2D eigenvalue weighted by molar-refractivity contribution is 5.76. The quantitative estimate of drug-likeness (QED) is 0.0369. The Labute approximate surface area is 351 Å². The number of aliphatic carboxylic acids is 1. The summed E-state index contributed by atoms with van der Waals surface area (Å²) in [6.45, 7) is 5.76. The molecule has 0 aromatic carbocycles. The molecule has 0 aromatic heterocycles. The number of carboxylic acid groups (broad SMARTS) is 1. The minimum Gasteiger partial charge on any atom is -0.481 e. The van der Waals surface area contributed by atoms with E-state index in [1.165, 1.54) is 122 Å². The van der Waals surface area contributed by atoms with Crippen molar-refractivity contribution in [3.05, 3.63) is 24.3 Å². The third kappa shape index (κ3) is 43.1. The zero-order valence-corrected chi connectivity index (χ0v) is 37.8. The lowest BCUT2D eigenvalue weighted by Crippen LogP contribution is -2.21. The molecule has 57 heavy (non-hydrogen) atoms. The molecule has 0 rings (SSSR count). The Balaban J connectivity index is 4.29. The van der Waals surface area contributed by atoms with Crippen LogP contribution in [-0.4, -0.2) is 67.6 Å². The topological polar surface area (TPSA) is 102 Å². The number of carboxylic acids is 1. The van der Waals surface area contributed by atoms with Gasteiger partial charge in [-0.2, -0.15) is 0 Å². The minimum absolute atomic E-state index is 0.0450. The van der Waals surface area contributed by atoms with Gasteiger partial charge < -0.3 is 24.2 Å². The number of unbranched alkanes of at least 4 members (excludes halogenated alkanes) is 22. The first kappa shape index (κ1) is 54.6. The molecule has 0 aromatic rings. The van der Waals surface area contributed by atoms with Crippen LogP contribution in [0.3, 0.4) is 0 Å². The van der Waals surface area contributed by atoms with Gasteiger partial charge in [-0.1, -0.05) is 154 Å². The molecule has 0 fully saturated rings. The van der Waals surface area contributed by atoms with Crippen molar-refractivity contribution in [1.82, 2.24) is 4.90 Å². The molecule has 8 heteroatoms. The van der Waals surface area contributed by atoms with Crippen molar-refractivity contribution in [2.24, 2.45) is 0 Å². The second kappa shape index (κ2) is 43.2. The standard InChI is InChI=1S/C49H91NO7/c1-5-7-9-11-13-14-15-16-17-18-19-20-22-26-30-34-39-46(57-49(54)55-44-36-43-50(3)4)40-35-31-27-24-21-23-25-29-33-38-45(37-32-28-12-10-8-6-2)56-48(53)42-41-47(51)52/h13-14,16-17,45-46H,5-12,15,18-44H2,1-4H3,(H,51,52). The van der Waals surface area contributed by atoms with Gasteiger partial charge in [0.25, 0.3) is 0 Å². The molecule has 0 bridgehead atoms. The maximum absolute atomic E-state index is 12.5. The van der Waals surface area contributed by atoms with E-state index in [4.69, 9.17) is 19.3 Å². The summed E-state index contributed by atoms with van der Waals surface area (Å²) in [6, 6.07) is 0. The third-order valence-corrected chi connectivity index (χ3v) is 10.7. The molecule has 2 unspecified atom stereocenters. The molecule has 0 heterocycles. The van der Waals surface area contributed by atoms with Crippen molar-refractivity contribution in [3.8, 4) is 0 Å². The summed E-state index contributed by atoms with van der Waals surface area (Å²) in [6.07, 6.45) is 45.2. The van der Waals surface area contributed by atoms with E-state index in [-0.39, 0.29) is 31.0 Å². The molecular formula is C49H91NO7. The predicted molar refractivity (Wildman–Crippen MR) is 239 cm³/mol. The molecule has 0 saturated carbocycles. The number of allylic oxidation sites excluding steroid dienone is 4. The fourth-order valence-electron chi connectivity index (χ4n) is 7.18. The number of hydrogen-bond donors (Lipinski definition) is 1. The van der Waals surface area contributed by atoms with Crippen molar-refractivity contribution >= 4 is 18.1 Å². The van der Waals surface area contributed by atoms with E-state index in [1.807, 2.05) is 14.1 Å². The Morgan fingerprint density at radius 1 is 0.509 bits per heavy atom. The second-order valence-electron chi connectivity index (χ2n) is 16.7. The monoisotopic (exact) mass is 806 g/mol. The molecular weight excluding hydrogens is 715 g/mol. The van der Waals surface area contributed by atoms with Gasteiger partial charge in [0.1, 0.15) is 12.2 Å². The van der Waals surface area contributed by atoms with Crippen LogP contribution < -0.4 is 0 Å². The third-order valence-electron chi connectivity index (χ3n) is 10.7. The number of carbonyl (C=O) groups excluding carboxylic acids is 2. The maximum atomic E-state index is 12.5. The highest BCUT2D eigenvalue weighted by Gasteiger charge is 2.17. The summed E-state index contributed by atoms with van der Waals surface area (Å²) in [4.78, 5) is 37.6. The highest BCUT2D eigenvalue weighted by Crippen LogP contribution is 2.20. The predicted octanol–water partition coefficient (Wildman–Crippen LogP) is 14.5. The van der Waals surface area contributed by atoms with Gasteiger partial charge in [-0.05, 0) is 104 Å². The van der Waals surface area contributed by atoms with Gasteiger partial charge in [0, 0.05) is 6.54 Å². The molecule has 0 radical (unpaired) electrons. The van der Waals surface area contributed by atoms with Gasteiger partial charge in [0.15, 0.2) is 0 Å². The van der Waals surface area contributed by atoms with Crippen molar-refractivity contribution in [3.63, 3.8) is 0 Å². The van der Waals surface area contributed by atoms with Crippen LogP contribution in [0, 0.1) is 0 Å². The van der Waals surface area contributed by atoms with Crippen LogP contribution in [0.25, 0.3) is 0 Å². The summed E-state index contributed by atoms with van der Waals surface area (Å²) < 4.78 is 16.9. The van der Waals surface area contributed by atoms with Crippen LogP contribution >= 0.6 is 0 Å². The zero-order chi connectivity index (χ0) is 41.9. The number of ether oxygens (including phenoxy) is 3. The maximum Gasteiger partial charge on any atom is 0.508 e. The fourth-order valence-corrected chi connectivity index (χ4v) is 7.18. The van der Waals surface area contributed by atoms with Crippen LogP contribution in [0.5, 0.6) is 0 Å². The molecule has 0 spiro atoms. The molecule has 0 aliphatic heterocycles. The van der Waals surface area contributed by atoms with Crippen molar-refractivity contribution < 1.29 is 33.7 Å². The van der Waals surface area contributed by atoms with E-state index in [0.29, 0.717) is 6.61 Å². The average Bonchev–Trinajstić information content (AvgIpc) is 3.18. The summed E-state index contributed by atoms with van der Waals surface area (Å²) in [5.41, 5.74) is 0. The molecule has 0 aliphatic rings. The second-order valence-corrected chi connectivity index (χ2v) is 16.7. The lowest BCUT2D eigenvalue weighted by Gasteiger charge is -2.18. The molecule has 8 nitrogen and oxygen atoms in total. The zero-order valence-electron chi connectivity index (χ0n) is 37.8. The van der Waals surface area contributed by atoms with Gasteiger partial charge in [-0.25, -0.2) is 4.79 Å². The smallest absolute Gasteiger partial charge is 0.481 e. The lowest BCUT2D eigenvalue weighted by molar-refractivity contribution is -0.152. The number of esters is 1. The van der Waals surface area contributed by atoms with Crippen LogP contribution in [-0.2, 0) is 23.8 Å². The summed E-state index contributed by atoms with van der Waals surface area (Å²) in [5.74, 6) is -1.33. The lowest BCUT2D eigenvalue weighted by atomic mass is 10.0. The van der Waals surface area contributed by atoms with Gasteiger partial charge >= 0.3 is 18.1 Å². The van der Waals surface area contributed by atoms with E-state index in [0.717, 1.165) is 90.0 Å². The Kier molecular flexibility index (Phi) is 41.5. The number of nitrogens with zero attached hydrogens (tertiary/aromatic N) is 1. The Morgan fingerprint density at radius 3 is 1.37 bits per heavy atom. The van der Waals surface area contributed by atoms with Crippen molar-refractivity contribution in [2.75, 3.05) is 27.2 Å². The SMILES string of the molecule is CCCCCC=CCC=CCCCCCCCCC(CCCCCCCCCCCC(CCCCCCCC)OC(=O)CCC(=O)O)OC(=O)OCCCN(C)C. The highest BCUT2D eigenvalue weighted by atomic mass is 16.7. The van der Waals surface area contributed by atoms with E-state index in [9.17, 15) is 14.4 Å². The summed E-state index contributed by atoms with van der Waals surface area (Å²) >= 11 is 0. The number of rotatable bonds is 43. The first-order chi connectivity index (χ1) is 27.8. The van der Waals surface area contributed by atoms with Crippen LogP contribution in [0.1, 0.15) is 232 Å². The van der Waals surface area contributed by atoms with Gasteiger partial charge in [-0.3, -0.25) is 9.59 Å². The van der Waals surface area contributed by atoms with Gasteiger partial charge in [-0.15, -0.1) is 0 Å². The van der Waals surface area contributed by atoms with Crippen LogP contribution in [0.2, 0.25) is 0 Å². The van der Waals surface area contributed by atoms with E-state index >= 15 is 0 Å². The Morgan fingerprint density at radius 2 is 0.912 bits per heavy atom. The number of hydrogen-bond acceptors (Lipinski definition) is 7.